The highest BCUT2D eigenvalue weighted by atomic mass is 35.5. The molecule has 0 aliphatic carbocycles. The lowest BCUT2D eigenvalue weighted by Gasteiger charge is -2.20. The smallest absolute Gasteiger partial charge is 0.123 e. The Bertz CT molecular complexity index is 601. The van der Waals surface area contributed by atoms with Crippen molar-refractivity contribution < 1.29 is 4.74 Å². The summed E-state index contributed by atoms with van der Waals surface area (Å²) in [5, 5.41) is 4.94. The number of rotatable bonds is 6. The molecule has 0 aliphatic heterocycles. The zero-order valence-electron chi connectivity index (χ0n) is 12.2. The maximum Gasteiger partial charge on any atom is 0.123 e. The van der Waals surface area contributed by atoms with Gasteiger partial charge in [-0.05, 0) is 36.2 Å². The fraction of sp³-hybridized carbons (Fsp3) is 0.294. The van der Waals surface area contributed by atoms with Crippen LogP contribution < -0.4 is 10.1 Å². The van der Waals surface area contributed by atoms with Crippen molar-refractivity contribution in [3.8, 4) is 5.75 Å². The molecular formula is C17H19Cl2NO. The molecule has 0 aromatic heterocycles. The quantitative estimate of drug-likeness (QED) is 0.784. The van der Waals surface area contributed by atoms with Crippen LogP contribution in [0.5, 0.6) is 5.75 Å². The second-order valence-corrected chi connectivity index (χ2v) is 5.66. The largest absolute Gasteiger partial charge is 0.496 e. The maximum absolute atomic E-state index is 6.20. The lowest BCUT2D eigenvalue weighted by Crippen LogP contribution is -2.21. The average Bonchev–Trinajstić information content (AvgIpc) is 2.51. The van der Waals surface area contributed by atoms with Crippen LogP contribution in [-0.2, 0) is 6.54 Å². The highest BCUT2D eigenvalue weighted by Gasteiger charge is 2.14. The number of nitrogens with one attached hydrogen (secondary N) is 1. The molecule has 0 saturated heterocycles. The average molecular weight is 324 g/mol. The predicted molar refractivity (Wildman–Crippen MR) is 89.3 cm³/mol. The van der Waals surface area contributed by atoms with Crippen molar-refractivity contribution in [2.75, 3.05) is 7.11 Å². The Morgan fingerprint density at radius 3 is 2.62 bits per heavy atom. The summed E-state index contributed by atoms with van der Waals surface area (Å²) in [5.74, 6) is 0.897. The first kappa shape index (κ1) is 16.2. The van der Waals surface area contributed by atoms with Gasteiger partial charge in [-0.3, -0.25) is 0 Å². The number of hydrogen-bond acceptors (Lipinski definition) is 2. The minimum atomic E-state index is 0.205. The van der Waals surface area contributed by atoms with Gasteiger partial charge < -0.3 is 10.1 Å². The minimum absolute atomic E-state index is 0.205. The van der Waals surface area contributed by atoms with Crippen LogP contribution >= 0.6 is 23.2 Å². The van der Waals surface area contributed by atoms with E-state index in [-0.39, 0.29) is 6.04 Å². The molecule has 0 bridgehead atoms. The van der Waals surface area contributed by atoms with Crippen LogP contribution in [0.15, 0.2) is 42.5 Å². The van der Waals surface area contributed by atoms with Gasteiger partial charge in [0, 0.05) is 28.2 Å². The summed E-state index contributed by atoms with van der Waals surface area (Å²) < 4.78 is 5.44. The van der Waals surface area contributed by atoms with Crippen molar-refractivity contribution in [3.63, 3.8) is 0 Å². The Labute approximate surface area is 136 Å². The van der Waals surface area contributed by atoms with Crippen molar-refractivity contribution in [1.82, 2.24) is 5.32 Å². The molecule has 2 aromatic rings. The van der Waals surface area contributed by atoms with Crippen molar-refractivity contribution in [2.24, 2.45) is 0 Å². The van der Waals surface area contributed by atoms with Gasteiger partial charge in [0.15, 0.2) is 0 Å². The predicted octanol–water partition coefficient (Wildman–Crippen LogP) is 5.24. The Morgan fingerprint density at radius 1 is 1.14 bits per heavy atom. The molecule has 2 rings (SSSR count). The van der Waals surface area contributed by atoms with Crippen LogP contribution in [0, 0.1) is 0 Å². The number of halogens is 2. The molecule has 0 heterocycles. The van der Waals surface area contributed by atoms with Crippen LogP contribution in [-0.4, -0.2) is 7.11 Å². The normalized spacial score (nSPS) is 12.2. The Kier molecular flexibility index (Phi) is 5.92. The molecule has 0 saturated carbocycles. The van der Waals surface area contributed by atoms with Crippen molar-refractivity contribution >= 4 is 23.2 Å². The van der Waals surface area contributed by atoms with Gasteiger partial charge in [0.1, 0.15) is 5.75 Å². The highest BCUT2D eigenvalue weighted by Crippen LogP contribution is 2.28. The van der Waals surface area contributed by atoms with E-state index in [1.54, 1.807) is 13.2 Å². The molecule has 112 valence electrons. The number of hydrogen-bond donors (Lipinski definition) is 1. The lowest BCUT2D eigenvalue weighted by molar-refractivity contribution is 0.396. The van der Waals surface area contributed by atoms with Gasteiger partial charge in [0.05, 0.1) is 7.11 Å². The monoisotopic (exact) mass is 323 g/mol. The Hall–Kier alpha value is -1.22. The Morgan fingerprint density at radius 2 is 1.90 bits per heavy atom. The summed E-state index contributed by atoms with van der Waals surface area (Å²) in [6.07, 6.45) is 0.957. The molecule has 2 aromatic carbocycles. The lowest BCUT2D eigenvalue weighted by atomic mass is 10.0. The van der Waals surface area contributed by atoms with E-state index in [1.165, 1.54) is 0 Å². The summed E-state index contributed by atoms with van der Waals surface area (Å²) >= 11 is 12.2. The summed E-state index contributed by atoms with van der Waals surface area (Å²) in [7, 11) is 1.69. The third-order valence-electron chi connectivity index (χ3n) is 3.47. The molecule has 1 unspecified atom stereocenters. The summed E-state index contributed by atoms with van der Waals surface area (Å²) in [4.78, 5) is 0. The molecule has 4 heteroatoms. The number of ether oxygens (including phenoxy) is 1. The molecule has 0 radical (unpaired) electrons. The van der Waals surface area contributed by atoms with E-state index in [0.717, 1.165) is 28.3 Å². The van der Waals surface area contributed by atoms with Crippen LogP contribution in [0.4, 0.5) is 0 Å². The highest BCUT2D eigenvalue weighted by molar-refractivity contribution is 6.33. The molecule has 0 amide bonds. The van der Waals surface area contributed by atoms with Crippen LogP contribution in [0.3, 0.4) is 0 Å². The molecular weight excluding hydrogens is 305 g/mol. The molecule has 0 fully saturated rings. The summed E-state index contributed by atoms with van der Waals surface area (Å²) in [6.45, 7) is 2.81. The van der Waals surface area contributed by atoms with Crippen LogP contribution in [0.25, 0.3) is 0 Å². The van der Waals surface area contributed by atoms with E-state index >= 15 is 0 Å². The third-order valence-corrected chi connectivity index (χ3v) is 4.07. The van der Waals surface area contributed by atoms with Gasteiger partial charge in [-0.1, -0.05) is 48.3 Å². The first-order chi connectivity index (χ1) is 10.2. The van der Waals surface area contributed by atoms with Gasteiger partial charge >= 0.3 is 0 Å². The van der Waals surface area contributed by atoms with Gasteiger partial charge in [-0.25, -0.2) is 0 Å². The number of benzene rings is 2. The van der Waals surface area contributed by atoms with Crippen molar-refractivity contribution in [2.45, 2.75) is 25.9 Å². The van der Waals surface area contributed by atoms with E-state index < -0.39 is 0 Å². The SMILES string of the molecule is CCC(NCc1cc(Cl)ccc1Cl)c1ccccc1OC. The summed E-state index contributed by atoms with van der Waals surface area (Å²) in [6, 6.07) is 13.8. The van der Waals surface area contributed by atoms with E-state index in [9.17, 15) is 0 Å². The molecule has 0 spiro atoms. The van der Waals surface area contributed by atoms with Gasteiger partial charge in [-0.2, -0.15) is 0 Å². The fourth-order valence-electron chi connectivity index (χ4n) is 2.34. The second-order valence-electron chi connectivity index (χ2n) is 4.82. The molecule has 0 aliphatic rings. The van der Waals surface area contributed by atoms with Gasteiger partial charge in [0.25, 0.3) is 0 Å². The standard InChI is InChI=1S/C17H19Cl2NO/c1-3-16(14-6-4-5-7-17(14)21-2)20-11-12-10-13(18)8-9-15(12)19/h4-10,16,20H,3,11H2,1-2H3. The second kappa shape index (κ2) is 7.69. The minimum Gasteiger partial charge on any atom is -0.496 e. The first-order valence-electron chi connectivity index (χ1n) is 6.96. The molecule has 1 atom stereocenters. The topological polar surface area (TPSA) is 21.3 Å². The van der Waals surface area contributed by atoms with Crippen molar-refractivity contribution in [1.29, 1.82) is 0 Å². The maximum atomic E-state index is 6.20. The van der Waals surface area contributed by atoms with E-state index in [2.05, 4.69) is 18.3 Å². The van der Waals surface area contributed by atoms with E-state index in [1.807, 2.05) is 30.3 Å². The molecule has 21 heavy (non-hydrogen) atoms. The number of para-hydroxylation sites is 1. The van der Waals surface area contributed by atoms with Crippen LogP contribution in [0.2, 0.25) is 10.0 Å². The van der Waals surface area contributed by atoms with E-state index in [4.69, 9.17) is 27.9 Å². The van der Waals surface area contributed by atoms with Gasteiger partial charge in [-0.15, -0.1) is 0 Å². The van der Waals surface area contributed by atoms with E-state index in [0.29, 0.717) is 11.6 Å². The molecule has 2 nitrogen and oxygen atoms in total. The first-order valence-corrected chi connectivity index (χ1v) is 7.71. The fourth-order valence-corrected chi connectivity index (χ4v) is 2.72. The molecule has 1 N–H and O–H groups in total. The zero-order valence-corrected chi connectivity index (χ0v) is 13.7. The Balaban J connectivity index is 2.14. The van der Waals surface area contributed by atoms with Crippen LogP contribution in [0.1, 0.15) is 30.5 Å². The number of methoxy groups -OCH3 is 1. The summed E-state index contributed by atoms with van der Waals surface area (Å²) in [5.41, 5.74) is 2.15. The van der Waals surface area contributed by atoms with Gasteiger partial charge in [0.2, 0.25) is 0 Å². The third kappa shape index (κ3) is 4.13. The zero-order chi connectivity index (χ0) is 15.2. The van der Waals surface area contributed by atoms with Crippen molar-refractivity contribution in [3.05, 3.63) is 63.6 Å².